The Labute approximate surface area is 159 Å². The van der Waals surface area contributed by atoms with Gasteiger partial charge in [-0.2, -0.15) is 0 Å². The number of imidazole rings is 1. The number of nitrogens with zero attached hydrogens (tertiary/aromatic N) is 6. The summed E-state index contributed by atoms with van der Waals surface area (Å²) in [5.41, 5.74) is -0.429. The molecule has 0 aromatic carbocycles. The fraction of sp³-hybridized carbons (Fsp3) is 0.389. The molecule has 1 unspecified atom stereocenters. The van der Waals surface area contributed by atoms with E-state index in [4.69, 9.17) is 4.74 Å². The van der Waals surface area contributed by atoms with Crippen LogP contribution in [0.2, 0.25) is 0 Å². The van der Waals surface area contributed by atoms with Crippen molar-refractivity contribution in [1.29, 1.82) is 0 Å². The van der Waals surface area contributed by atoms with Gasteiger partial charge in [0.1, 0.15) is 12.6 Å². The van der Waals surface area contributed by atoms with Gasteiger partial charge < -0.3 is 14.2 Å². The van der Waals surface area contributed by atoms with E-state index in [0.29, 0.717) is 25.4 Å². The SMILES string of the molecule is Cn1c(=O)c2c(ncn2CC(=O)N2CCC(Oc3ccccn3)C2)n(C)c1=O. The van der Waals surface area contributed by atoms with Crippen LogP contribution < -0.4 is 16.0 Å². The van der Waals surface area contributed by atoms with Gasteiger partial charge in [-0.05, 0) is 6.07 Å². The molecule has 146 valence electrons. The van der Waals surface area contributed by atoms with E-state index >= 15 is 0 Å². The maximum Gasteiger partial charge on any atom is 0.332 e. The van der Waals surface area contributed by atoms with E-state index in [9.17, 15) is 14.4 Å². The third kappa shape index (κ3) is 3.06. The Morgan fingerprint density at radius 1 is 1.21 bits per heavy atom. The van der Waals surface area contributed by atoms with Crippen molar-refractivity contribution in [3.05, 3.63) is 51.6 Å². The molecule has 1 aliphatic rings. The summed E-state index contributed by atoms with van der Waals surface area (Å²) in [5.74, 6) is 0.397. The summed E-state index contributed by atoms with van der Waals surface area (Å²) >= 11 is 0. The lowest BCUT2D eigenvalue weighted by atomic mass is 10.3. The first-order valence-corrected chi connectivity index (χ1v) is 8.92. The average molecular weight is 384 g/mol. The normalized spacial score (nSPS) is 16.6. The molecule has 4 rings (SSSR count). The number of carbonyl (C=O) groups is 1. The Hall–Kier alpha value is -3.43. The van der Waals surface area contributed by atoms with Gasteiger partial charge in [-0.1, -0.05) is 6.07 Å². The highest BCUT2D eigenvalue weighted by molar-refractivity contribution is 5.79. The van der Waals surface area contributed by atoms with Crippen molar-refractivity contribution >= 4 is 17.1 Å². The molecule has 28 heavy (non-hydrogen) atoms. The van der Waals surface area contributed by atoms with Crippen molar-refractivity contribution in [2.24, 2.45) is 14.1 Å². The standard InChI is InChI=1S/C18H20N6O4/c1-21-16-15(17(26)22(2)18(21)27)24(11-20-16)10-14(25)23-8-6-12(9-23)28-13-5-3-4-7-19-13/h3-5,7,11-12H,6,8-10H2,1-2H3. The maximum atomic E-state index is 12.7. The lowest BCUT2D eigenvalue weighted by Crippen LogP contribution is -2.38. The number of aryl methyl sites for hydroxylation is 1. The molecule has 10 nitrogen and oxygen atoms in total. The Kier molecular flexibility index (Phi) is 4.46. The summed E-state index contributed by atoms with van der Waals surface area (Å²) in [6.07, 6.45) is 3.67. The zero-order valence-electron chi connectivity index (χ0n) is 15.6. The van der Waals surface area contributed by atoms with Crippen molar-refractivity contribution in [3.8, 4) is 5.88 Å². The topological polar surface area (TPSA) is 104 Å². The zero-order valence-corrected chi connectivity index (χ0v) is 15.6. The van der Waals surface area contributed by atoms with Gasteiger partial charge in [0.25, 0.3) is 5.56 Å². The van der Waals surface area contributed by atoms with Gasteiger partial charge in [0.05, 0.1) is 12.9 Å². The molecule has 1 fully saturated rings. The van der Waals surface area contributed by atoms with Gasteiger partial charge >= 0.3 is 5.69 Å². The highest BCUT2D eigenvalue weighted by Gasteiger charge is 2.28. The lowest BCUT2D eigenvalue weighted by Gasteiger charge is -2.17. The number of hydrogen-bond acceptors (Lipinski definition) is 6. The molecule has 0 aliphatic carbocycles. The predicted octanol–water partition coefficient (Wildman–Crippen LogP) is -0.491. The third-order valence-electron chi connectivity index (χ3n) is 4.95. The molecular weight excluding hydrogens is 364 g/mol. The number of carbonyl (C=O) groups excluding carboxylic acids is 1. The van der Waals surface area contributed by atoms with E-state index in [1.807, 2.05) is 12.1 Å². The van der Waals surface area contributed by atoms with Crippen LogP contribution in [0, 0.1) is 0 Å². The lowest BCUT2D eigenvalue weighted by molar-refractivity contribution is -0.131. The number of hydrogen-bond donors (Lipinski definition) is 0. The van der Waals surface area contributed by atoms with Gasteiger partial charge in [-0.3, -0.25) is 18.7 Å². The van der Waals surface area contributed by atoms with Crippen LogP contribution in [0.1, 0.15) is 6.42 Å². The van der Waals surface area contributed by atoms with Crippen LogP contribution in [0.5, 0.6) is 5.88 Å². The fourth-order valence-electron chi connectivity index (χ4n) is 3.40. The molecule has 0 bridgehead atoms. The molecule has 1 saturated heterocycles. The Bertz CT molecular complexity index is 1150. The van der Waals surface area contributed by atoms with Crippen LogP contribution >= 0.6 is 0 Å². The second-order valence-corrected chi connectivity index (χ2v) is 6.79. The minimum absolute atomic E-state index is 0.0275. The first kappa shape index (κ1) is 18.0. The highest BCUT2D eigenvalue weighted by Crippen LogP contribution is 2.17. The number of rotatable bonds is 4. The van der Waals surface area contributed by atoms with E-state index in [1.54, 1.807) is 24.2 Å². The third-order valence-corrected chi connectivity index (χ3v) is 4.95. The number of ether oxygens (including phenoxy) is 1. The van der Waals surface area contributed by atoms with Crippen molar-refractivity contribution in [1.82, 2.24) is 28.6 Å². The Balaban J connectivity index is 1.50. The predicted molar refractivity (Wildman–Crippen MR) is 100 cm³/mol. The van der Waals surface area contributed by atoms with Crippen LogP contribution in [0.3, 0.4) is 0 Å². The molecule has 1 amide bonds. The van der Waals surface area contributed by atoms with Crippen molar-refractivity contribution in [2.75, 3.05) is 13.1 Å². The second kappa shape index (κ2) is 6.95. The largest absolute Gasteiger partial charge is 0.472 e. The van der Waals surface area contributed by atoms with Gasteiger partial charge in [-0.25, -0.2) is 14.8 Å². The second-order valence-electron chi connectivity index (χ2n) is 6.79. The molecule has 3 aromatic rings. The molecular formula is C18H20N6O4. The monoisotopic (exact) mass is 384 g/mol. The molecule has 0 N–H and O–H groups in total. The van der Waals surface area contributed by atoms with Gasteiger partial charge in [0.15, 0.2) is 11.2 Å². The molecule has 0 radical (unpaired) electrons. The van der Waals surface area contributed by atoms with E-state index in [2.05, 4.69) is 9.97 Å². The smallest absolute Gasteiger partial charge is 0.332 e. The van der Waals surface area contributed by atoms with Crippen LogP contribution in [0.15, 0.2) is 40.3 Å². The van der Waals surface area contributed by atoms with Gasteiger partial charge in [-0.15, -0.1) is 0 Å². The zero-order chi connectivity index (χ0) is 19.8. The summed E-state index contributed by atoms with van der Waals surface area (Å²) in [6.45, 7) is 0.998. The first-order valence-electron chi connectivity index (χ1n) is 8.92. The highest BCUT2D eigenvalue weighted by atomic mass is 16.5. The van der Waals surface area contributed by atoms with E-state index in [0.717, 1.165) is 4.57 Å². The number of amides is 1. The Morgan fingerprint density at radius 2 is 2.04 bits per heavy atom. The quantitative estimate of drug-likeness (QED) is 0.601. The molecule has 1 aliphatic heterocycles. The summed E-state index contributed by atoms with van der Waals surface area (Å²) in [4.78, 5) is 47.2. The van der Waals surface area contributed by atoms with Gasteiger partial charge in [0.2, 0.25) is 11.8 Å². The summed E-state index contributed by atoms with van der Waals surface area (Å²) in [7, 11) is 2.95. The number of likely N-dealkylation sites (tertiary alicyclic amines) is 1. The molecule has 0 saturated carbocycles. The van der Waals surface area contributed by atoms with E-state index in [-0.39, 0.29) is 29.7 Å². The minimum atomic E-state index is -0.471. The number of fused-ring (bicyclic) bond motifs is 1. The minimum Gasteiger partial charge on any atom is -0.472 e. The van der Waals surface area contributed by atoms with E-state index < -0.39 is 11.2 Å². The van der Waals surface area contributed by atoms with Crippen LogP contribution in [-0.2, 0) is 25.4 Å². The molecule has 0 spiro atoms. The molecule has 10 heteroatoms. The van der Waals surface area contributed by atoms with Crippen molar-refractivity contribution in [2.45, 2.75) is 19.1 Å². The van der Waals surface area contributed by atoms with Gasteiger partial charge in [0, 0.05) is 39.3 Å². The van der Waals surface area contributed by atoms with Crippen molar-refractivity contribution in [3.63, 3.8) is 0 Å². The maximum absolute atomic E-state index is 12.7. The Morgan fingerprint density at radius 3 is 2.79 bits per heavy atom. The first-order chi connectivity index (χ1) is 13.5. The number of aromatic nitrogens is 5. The molecule has 4 heterocycles. The van der Waals surface area contributed by atoms with Crippen LogP contribution in [0.25, 0.3) is 11.2 Å². The number of pyridine rings is 1. The van der Waals surface area contributed by atoms with Crippen molar-refractivity contribution < 1.29 is 9.53 Å². The van der Waals surface area contributed by atoms with Crippen LogP contribution in [-0.4, -0.2) is 53.7 Å². The average Bonchev–Trinajstić information content (AvgIpc) is 3.33. The summed E-state index contributed by atoms with van der Waals surface area (Å²) in [5, 5.41) is 0. The van der Waals surface area contributed by atoms with E-state index in [1.165, 1.54) is 22.5 Å². The summed E-state index contributed by atoms with van der Waals surface area (Å²) < 4.78 is 9.61. The van der Waals surface area contributed by atoms with Crippen LogP contribution in [0.4, 0.5) is 0 Å². The summed E-state index contributed by atoms with van der Waals surface area (Å²) in [6, 6.07) is 5.44. The molecule has 1 atom stereocenters. The fourth-order valence-corrected chi connectivity index (χ4v) is 3.40. The molecule has 3 aromatic heterocycles.